The molecule has 2 aliphatic heterocycles. The fourth-order valence-electron chi connectivity index (χ4n) is 3.93. The predicted molar refractivity (Wildman–Crippen MR) is 110 cm³/mol. The first-order chi connectivity index (χ1) is 14.5. The molecule has 0 bridgehead atoms. The number of fused-ring (bicyclic) bond motifs is 3. The lowest BCUT2D eigenvalue weighted by molar-refractivity contribution is -0.384. The lowest BCUT2D eigenvalue weighted by atomic mass is 9.89. The Bertz CT molecular complexity index is 1010. The lowest BCUT2D eigenvalue weighted by Crippen LogP contribution is -2.49. The van der Waals surface area contributed by atoms with Crippen LogP contribution in [0.1, 0.15) is 29.2 Å². The van der Waals surface area contributed by atoms with Gasteiger partial charge >= 0.3 is 0 Å². The average molecular weight is 410 g/mol. The summed E-state index contributed by atoms with van der Waals surface area (Å²) in [6.45, 7) is 1.20. The molecule has 4 rings (SSSR count). The van der Waals surface area contributed by atoms with Crippen LogP contribution < -0.4 is 9.47 Å². The molecule has 2 aromatic rings. The van der Waals surface area contributed by atoms with Crippen molar-refractivity contribution in [2.45, 2.75) is 18.9 Å². The number of non-ortho nitro benzene ring substituents is 1. The molecule has 1 saturated heterocycles. The fourth-order valence-corrected chi connectivity index (χ4v) is 3.93. The summed E-state index contributed by atoms with van der Waals surface area (Å²) < 4.78 is 10.8. The third kappa shape index (κ3) is 3.71. The van der Waals surface area contributed by atoms with Crippen molar-refractivity contribution in [1.82, 2.24) is 9.91 Å². The number of carbonyl (C=O) groups is 1. The SMILES string of the molecule is COc1cc2c(cc1OC)C1CC(=O)N(/N=C/c3ccc([N+](=O)[O-])cc3)CN1CC2. The molecular weight excluding hydrogens is 388 g/mol. The summed E-state index contributed by atoms with van der Waals surface area (Å²) in [6, 6.07) is 9.98. The van der Waals surface area contributed by atoms with E-state index in [1.165, 1.54) is 22.7 Å². The Balaban J connectivity index is 1.51. The number of nitrogens with zero attached hydrogens (tertiary/aromatic N) is 4. The average Bonchev–Trinajstić information content (AvgIpc) is 2.76. The smallest absolute Gasteiger partial charge is 0.269 e. The van der Waals surface area contributed by atoms with Crippen LogP contribution in [0.3, 0.4) is 0 Å². The minimum atomic E-state index is -0.450. The highest BCUT2D eigenvalue weighted by molar-refractivity contribution is 5.83. The number of rotatable bonds is 5. The molecule has 0 radical (unpaired) electrons. The topological polar surface area (TPSA) is 97.5 Å². The van der Waals surface area contributed by atoms with Gasteiger partial charge in [0.25, 0.3) is 5.69 Å². The summed E-state index contributed by atoms with van der Waals surface area (Å²) in [5.74, 6) is 1.28. The molecule has 2 aliphatic rings. The molecule has 1 amide bonds. The highest BCUT2D eigenvalue weighted by Gasteiger charge is 2.37. The predicted octanol–water partition coefficient (Wildman–Crippen LogP) is 2.74. The number of nitro benzene ring substituents is 1. The third-order valence-electron chi connectivity index (χ3n) is 5.54. The van der Waals surface area contributed by atoms with Gasteiger partial charge in [0, 0.05) is 31.1 Å². The van der Waals surface area contributed by atoms with Gasteiger partial charge in [0.1, 0.15) is 0 Å². The summed E-state index contributed by atoms with van der Waals surface area (Å²) in [4.78, 5) is 25.3. The van der Waals surface area contributed by atoms with Crippen molar-refractivity contribution < 1.29 is 19.2 Å². The Kier molecular flexibility index (Phi) is 5.37. The van der Waals surface area contributed by atoms with Gasteiger partial charge in [0.05, 0.1) is 32.0 Å². The van der Waals surface area contributed by atoms with Crippen molar-refractivity contribution in [3.8, 4) is 11.5 Å². The van der Waals surface area contributed by atoms with E-state index in [0.717, 1.165) is 18.5 Å². The molecule has 9 nitrogen and oxygen atoms in total. The van der Waals surface area contributed by atoms with Gasteiger partial charge in [-0.05, 0) is 47.4 Å². The van der Waals surface area contributed by atoms with Crippen molar-refractivity contribution in [3.63, 3.8) is 0 Å². The van der Waals surface area contributed by atoms with Crippen LogP contribution in [0, 0.1) is 10.1 Å². The van der Waals surface area contributed by atoms with E-state index in [-0.39, 0.29) is 17.6 Å². The summed E-state index contributed by atoms with van der Waals surface area (Å²) >= 11 is 0. The number of nitro groups is 1. The quantitative estimate of drug-likeness (QED) is 0.427. The number of hydrazone groups is 1. The molecule has 1 atom stereocenters. The Hall–Kier alpha value is -3.46. The van der Waals surface area contributed by atoms with Crippen molar-refractivity contribution in [3.05, 3.63) is 63.2 Å². The van der Waals surface area contributed by atoms with Gasteiger partial charge in [-0.15, -0.1) is 0 Å². The van der Waals surface area contributed by atoms with Crippen LogP contribution in [0.4, 0.5) is 5.69 Å². The maximum atomic E-state index is 12.7. The normalized spacial score (nSPS) is 18.8. The van der Waals surface area contributed by atoms with E-state index < -0.39 is 4.92 Å². The van der Waals surface area contributed by atoms with E-state index in [1.807, 2.05) is 12.1 Å². The molecule has 0 N–H and O–H groups in total. The second kappa shape index (κ2) is 8.11. The molecule has 0 spiro atoms. The van der Waals surface area contributed by atoms with Gasteiger partial charge in [-0.3, -0.25) is 19.8 Å². The summed E-state index contributed by atoms with van der Waals surface area (Å²) in [7, 11) is 3.22. The number of hydrogen-bond acceptors (Lipinski definition) is 7. The first-order valence-electron chi connectivity index (χ1n) is 9.58. The first-order valence-corrected chi connectivity index (χ1v) is 9.58. The number of amides is 1. The Morgan fingerprint density at radius 1 is 1.17 bits per heavy atom. The zero-order valence-electron chi connectivity index (χ0n) is 16.8. The Labute approximate surface area is 173 Å². The summed E-state index contributed by atoms with van der Waals surface area (Å²) in [5.41, 5.74) is 2.97. The maximum absolute atomic E-state index is 12.7. The van der Waals surface area contributed by atoms with E-state index in [0.29, 0.717) is 30.2 Å². The number of hydrogen-bond donors (Lipinski definition) is 0. The van der Waals surface area contributed by atoms with Crippen LogP contribution in [0.15, 0.2) is 41.5 Å². The highest BCUT2D eigenvalue weighted by atomic mass is 16.6. The molecule has 0 saturated carbocycles. The number of carbonyl (C=O) groups excluding carboxylic acids is 1. The molecule has 2 aromatic carbocycles. The second-order valence-electron chi connectivity index (χ2n) is 7.22. The Morgan fingerprint density at radius 3 is 2.53 bits per heavy atom. The third-order valence-corrected chi connectivity index (χ3v) is 5.54. The van der Waals surface area contributed by atoms with Gasteiger partial charge in [0.2, 0.25) is 5.91 Å². The maximum Gasteiger partial charge on any atom is 0.269 e. The molecule has 0 aliphatic carbocycles. The van der Waals surface area contributed by atoms with E-state index in [2.05, 4.69) is 10.0 Å². The Morgan fingerprint density at radius 2 is 1.87 bits per heavy atom. The first kappa shape index (κ1) is 19.8. The standard InChI is InChI=1S/C21H22N4O5/c1-29-19-9-15-7-8-23-13-24(21(26)11-18(23)17(15)10-20(19)30-2)22-12-14-3-5-16(6-4-14)25(27)28/h3-6,9-10,12,18H,7-8,11,13H2,1-2H3/b22-12+. The molecule has 30 heavy (non-hydrogen) atoms. The largest absolute Gasteiger partial charge is 0.493 e. The lowest BCUT2D eigenvalue weighted by Gasteiger charge is -2.43. The number of methoxy groups -OCH3 is 2. The monoisotopic (exact) mass is 410 g/mol. The molecule has 156 valence electrons. The van der Waals surface area contributed by atoms with Crippen LogP contribution >= 0.6 is 0 Å². The summed E-state index contributed by atoms with van der Waals surface area (Å²) in [5, 5.41) is 16.5. The van der Waals surface area contributed by atoms with Crippen molar-refractivity contribution in [2.24, 2.45) is 5.10 Å². The van der Waals surface area contributed by atoms with Crippen molar-refractivity contribution in [2.75, 3.05) is 27.4 Å². The molecule has 0 aromatic heterocycles. The van der Waals surface area contributed by atoms with Gasteiger partial charge in [-0.25, -0.2) is 5.01 Å². The van der Waals surface area contributed by atoms with E-state index >= 15 is 0 Å². The van der Waals surface area contributed by atoms with Gasteiger partial charge in [0.15, 0.2) is 11.5 Å². The van der Waals surface area contributed by atoms with Crippen LogP contribution in [-0.2, 0) is 11.2 Å². The zero-order chi connectivity index (χ0) is 21.3. The number of ether oxygens (including phenoxy) is 2. The van der Waals surface area contributed by atoms with Gasteiger partial charge in [-0.2, -0.15) is 5.10 Å². The molecule has 1 unspecified atom stereocenters. The summed E-state index contributed by atoms with van der Waals surface area (Å²) in [6.07, 6.45) is 2.72. The van der Waals surface area contributed by atoms with E-state index in [9.17, 15) is 14.9 Å². The van der Waals surface area contributed by atoms with Gasteiger partial charge < -0.3 is 9.47 Å². The fraction of sp³-hybridized carbons (Fsp3) is 0.333. The van der Waals surface area contributed by atoms with E-state index in [1.54, 1.807) is 32.6 Å². The van der Waals surface area contributed by atoms with Gasteiger partial charge in [-0.1, -0.05) is 0 Å². The number of benzene rings is 2. The van der Waals surface area contributed by atoms with Crippen LogP contribution in [0.2, 0.25) is 0 Å². The minimum absolute atomic E-state index is 0.0167. The van der Waals surface area contributed by atoms with Crippen molar-refractivity contribution >= 4 is 17.8 Å². The molecule has 1 fully saturated rings. The minimum Gasteiger partial charge on any atom is -0.493 e. The van der Waals surface area contributed by atoms with Crippen LogP contribution in [0.5, 0.6) is 11.5 Å². The second-order valence-corrected chi connectivity index (χ2v) is 7.22. The van der Waals surface area contributed by atoms with Crippen molar-refractivity contribution in [1.29, 1.82) is 0 Å². The zero-order valence-corrected chi connectivity index (χ0v) is 16.8. The van der Waals surface area contributed by atoms with E-state index in [4.69, 9.17) is 9.47 Å². The molecule has 2 heterocycles. The van der Waals surface area contributed by atoms with Crippen LogP contribution in [0.25, 0.3) is 0 Å². The molecule has 9 heteroatoms. The highest BCUT2D eigenvalue weighted by Crippen LogP contribution is 2.41. The van der Waals surface area contributed by atoms with Crippen LogP contribution in [-0.4, -0.2) is 54.4 Å². The molecular formula is C21H22N4O5.